The van der Waals surface area contributed by atoms with E-state index in [1.807, 2.05) is 16.7 Å². The van der Waals surface area contributed by atoms with Crippen LogP contribution in [0.5, 0.6) is 0 Å². The van der Waals surface area contributed by atoms with Gasteiger partial charge in [-0.05, 0) is 36.3 Å². The molecule has 0 saturated carbocycles. The van der Waals surface area contributed by atoms with Gasteiger partial charge in [-0.3, -0.25) is 14.6 Å². The number of hydrogen-bond acceptors (Lipinski definition) is 5. The lowest BCUT2D eigenvalue weighted by atomic mass is 10.1. The minimum Gasteiger partial charge on any atom is -0.349 e. The van der Waals surface area contributed by atoms with Gasteiger partial charge in [0.1, 0.15) is 17.5 Å². The van der Waals surface area contributed by atoms with Gasteiger partial charge in [-0.25, -0.2) is 8.78 Å². The number of rotatable bonds is 7. The summed E-state index contributed by atoms with van der Waals surface area (Å²) in [5.74, 6) is -0.553. The van der Waals surface area contributed by atoms with Crippen molar-refractivity contribution in [2.75, 3.05) is 13.1 Å². The van der Waals surface area contributed by atoms with Crippen LogP contribution in [0.25, 0.3) is 6.08 Å². The van der Waals surface area contributed by atoms with Gasteiger partial charge in [0.25, 0.3) is 0 Å². The van der Waals surface area contributed by atoms with Crippen LogP contribution in [0.4, 0.5) is 8.78 Å². The Kier molecular flexibility index (Phi) is 7.36. The second kappa shape index (κ2) is 10.8. The fourth-order valence-electron chi connectivity index (χ4n) is 3.73. The number of carbonyl (C=O) groups is 2. The van der Waals surface area contributed by atoms with E-state index in [0.717, 1.165) is 29.6 Å². The largest absolute Gasteiger partial charge is 0.349 e. The molecule has 0 spiro atoms. The van der Waals surface area contributed by atoms with Gasteiger partial charge in [-0.2, -0.15) is 0 Å². The first kappa shape index (κ1) is 23.2. The third-order valence-corrected chi connectivity index (χ3v) is 5.61. The number of nitrogens with zero attached hydrogens (tertiary/aromatic N) is 5. The Morgan fingerprint density at radius 1 is 1.06 bits per heavy atom. The van der Waals surface area contributed by atoms with Gasteiger partial charge in [0.15, 0.2) is 5.82 Å². The number of pyridine rings is 1. The molecule has 0 atom stereocenters. The standard InChI is InChI=1S/C24H24F2N6O2/c25-19-4-1-5-20(26)18(19)7-9-24(34)31-12-10-21-29-30-22(32(21)14-13-31)16-28-23(33)8-6-17-3-2-11-27-15-17/h1-5,7,9,11,15H,6,8,10,12-14,16H2,(H,28,33). The van der Waals surface area contributed by atoms with Crippen molar-refractivity contribution in [2.45, 2.75) is 32.4 Å². The number of halogens is 2. The average molecular weight is 466 g/mol. The summed E-state index contributed by atoms with van der Waals surface area (Å²) in [6, 6.07) is 7.32. The number of carbonyl (C=O) groups excluding carboxylic acids is 2. The number of aryl methyl sites for hydroxylation is 1. The summed E-state index contributed by atoms with van der Waals surface area (Å²) in [6.45, 7) is 1.48. The second-order valence-corrected chi connectivity index (χ2v) is 7.87. The summed E-state index contributed by atoms with van der Waals surface area (Å²) >= 11 is 0. The first-order valence-corrected chi connectivity index (χ1v) is 11.0. The molecule has 176 valence electrons. The lowest BCUT2D eigenvalue weighted by Crippen LogP contribution is -2.32. The molecule has 0 radical (unpaired) electrons. The monoisotopic (exact) mass is 466 g/mol. The molecular weight excluding hydrogens is 442 g/mol. The summed E-state index contributed by atoms with van der Waals surface area (Å²) in [6.07, 6.45) is 7.18. The van der Waals surface area contributed by atoms with Crippen molar-refractivity contribution in [1.82, 2.24) is 30.0 Å². The molecule has 8 nitrogen and oxygen atoms in total. The summed E-state index contributed by atoms with van der Waals surface area (Å²) in [5, 5.41) is 11.2. The smallest absolute Gasteiger partial charge is 0.246 e. The lowest BCUT2D eigenvalue weighted by Gasteiger charge is -2.18. The van der Waals surface area contributed by atoms with Crippen molar-refractivity contribution in [2.24, 2.45) is 0 Å². The molecule has 1 N–H and O–H groups in total. The molecule has 2 aromatic heterocycles. The van der Waals surface area contributed by atoms with Crippen molar-refractivity contribution in [1.29, 1.82) is 0 Å². The van der Waals surface area contributed by atoms with Gasteiger partial charge in [-0.15, -0.1) is 10.2 Å². The maximum atomic E-state index is 13.8. The first-order valence-electron chi connectivity index (χ1n) is 11.0. The van der Waals surface area contributed by atoms with Crippen LogP contribution in [0, 0.1) is 11.6 Å². The zero-order valence-corrected chi connectivity index (χ0v) is 18.5. The Morgan fingerprint density at radius 3 is 2.65 bits per heavy atom. The number of hydrogen-bond donors (Lipinski definition) is 1. The highest BCUT2D eigenvalue weighted by molar-refractivity contribution is 5.91. The predicted molar refractivity (Wildman–Crippen MR) is 120 cm³/mol. The minimum absolute atomic E-state index is 0.0999. The molecule has 1 aliphatic heterocycles. The van der Waals surface area contributed by atoms with E-state index >= 15 is 0 Å². The van der Waals surface area contributed by atoms with E-state index < -0.39 is 11.6 Å². The summed E-state index contributed by atoms with van der Waals surface area (Å²) in [7, 11) is 0. The van der Waals surface area contributed by atoms with Crippen molar-refractivity contribution < 1.29 is 18.4 Å². The highest BCUT2D eigenvalue weighted by atomic mass is 19.1. The third-order valence-electron chi connectivity index (χ3n) is 5.61. The molecule has 0 unspecified atom stereocenters. The van der Waals surface area contributed by atoms with Crippen LogP contribution in [0.3, 0.4) is 0 Å². The summed E-state index contributed by atoms with van der Waals surface area (Å²) in [5.41, 5.74) is 0.745. The number of nitrogens with one attached hydrogen (secondary N) is 1. The van der Waals surface area contributed by atoms with Gasteiger partial charge in [0, 0.05) is 56.5 Å². The summed E-state index contributed by atoms with van der Waals surface area (Å²) < 4.78 is 29.5. The van der Waals surface area contributed by atoms with Crippen molar-refractivity contribution >= 4 is 17.9 Å². The van der Waals surface area contributed by atoms with Gasteiger partial charge >= 0.3 is 0 Å². The molecule has 0 aliphatic carbocycles. The quantitative estimate of drug-likeness (QED) is 0.540. The third kappa shape index (κ3) is 5.69. The van der Waals surface area contributed by atoms with Crippen molar-refractivity contribution in [3.05, 3.63) is 83.2 Å². The SMILES string of the molecule is O=C(CCc1cccnc1)NCc1nnc2n1CCN(C(=O)C=Cc1c(F)cccc1F)CC2. The average Bonchev–Trinajstić information content (AvgIpc) is 3.10. The van der Waals surface area contributed by atoms with Crippen LogP contribution >= 0.6 is 0 Å². The predicted octanol–water partition coefficient (Wildman–Crippen LogP) is 2.30. The number of amides is 2. The molecule has 1 aromatic carbocycles. The molecule has 1 aliphatic rings. The molecule has 3 heterocycles. The highest BCUT2D eigenvalue weighted by Gasteiger charge is 2.21. The van der Waals surface area contributed by atoms with Crippen LogP contribution in [0.15, 0.2) is 48.8 Å². The molecule has 10 heteroatoms. The number of fused-ring (bicyclic) bond motifs is 1. The van der Waals surface area contributed by atoms with E-state index in [9.17, 15) is 18.4 Å². The van der Waals surface area contributed by atoms with Crippen molar-refractivity contribution in [3.63, 3.8) is 0 Å². The first-order chi connectivity index (χ1) is 16.5. The highest BCUT2D eigenvalue weighted by Crippen LogP contribution is 2.15. The number of aromatic nitrogens is 4. The van der Waals surface area contributed by atoms with E-state index in [0.29, 0.717) is 44.7 Å². The zero-order valence-electron chi connectivity index (χ0n) is 18.5. The Morgan fingerprint density at radius 2 is 1.88 bits per heavy atom. The normalized spacial score (nSPS) is 13.5. The maximum Gasteiger partial charge on any atom is 0.246 e. The second-order valence-electron chi connectivity index (χ2n) is 7.87. The Balaban J connectivity index is 1.31. The van der Waals surface area contributed by atoms with E-state index in [-0.39, 0.29) is 23.9 Å². The Hall–Kier alpha value is -3.95. The Labute approximate surface area is 195 Å². The van der Waals surface area contributed by atoms with Crippen LogP contribution in [-0.2, 0) is 35.5 Å². The fourth-order valence-corrected chi connectivity index (χ4v) is 3.73. The van der Waals surface area contributed by atoms with E-state index in [4.69, 9.17) is 0 Å². The van der Waals surface area contributed by atoms with E-state index in [2.05, 4.69) is 20.5 Å². The molecule has 0 bridgehead atoms. The molecular formula is C24H24F2N6O2. The van der Waals surface area contributed by atoms with Gasteiger partial charge < -0.3 is 14.8 Å². The molecule has 2 amide bonds. The van der Waals surface area contributed by atoms with Crippen LogP contribution in [0.1, 0.15) is 29.2 Å². The lowest BCUT2D eigenvalue weighted by molar-refractivity contribution is -0.126. The van der Waals surface area contributed by atoms with E-state index in [1.54, 1.807) is 17.3 Å². The van der Waals surface area contributed by atoms with Crippen LogP contribution in [0.2, 0.25) is 0 Å². The van der Waals surface area contributed by atoms with Crippen LogP contribution < -0.4 is 5.32 Å². The zero-order chi connectivity index (χ0) is 23.9. The molecule has 3 aromatic rings. The Bertz CT molecular complexity index is 1180. The van der Waals surface area contributed by atoms with Gasteiger partial charge in [-0.1, -0.05) is 12.1 Å². The maximum absolute atomic E-state index is 13.8. The molecule has 0 fully saturated rings. The van der Waals surface area contributed by atoms with Gasteiger partial charge in [0.05, 0.1) is 6.54 Å². The topological polar surface area (TPSA) is 93.0 Å². The molecule has 4 rings (SSSR count). The number of benzene rings is 1. The van der Waals surface area contributed by atoms with Gasteiger partial charge in [0.2, 0.25) is 11.8 Å². The fraction of sp³-hybridized carbons (Fsp3) is 0.292. The van der Waals surface area contributed by atoms with Crippen LogP contribution in [-0.4, -0.2) is 49.6 Å². The van der Waals surface area contributed by atoms with Crippen molar-refractivity contribution in [3.8, 4) is 0 Å². The minimum atomic E-state index is -0.724. The molecule has 34 heavy (non-hydrogen) atoms. The molecule has 0 saturated heterocycles. The summed E-state index contributed by atoms with van der Waals surface area (Å²) in [4.78, 5) is 30.5. The van der Waals surface area contributed by atoms with E-state index in [1.165, 1.54) is 12.1 Å².